The fourth-order valence-corrected chi connectivity index (χ4v) is 2.78. The van der Waals surface area contributed by atoms with E-state index in [1.807, 2.05) is 0 Å². The van der Waals surface area contributed by atoms with E-state index in [-0.39, 0.29) is 6.10 Å². The molecule has 0 aliphatic heterocycles. The Labute approximate surface area is 116 Å². The Bertz CT molecular complexity index is 375. The van der Waals surface area contributed by atoms with Crippen LogP contribution >= 0.6 is 0 Å². The van der Waals surface area contributed by atoms with Crippen molar-refractivity contribution >= 4 is 5.69 Å². The van der Waals surface area contributed by atoms with Crippen LogP contribution in [0.1, 0.15) is 31.2 Å². The van der Waals surface area contributed by atoms with Gasteiger partial charge in [-0.2, -0.15) is 0 Å². The van der Waals surface area contributed by atoms with Crippen LogP contribution in [0.3, 0.4) is 0 Å². The SMILES string of the molecule is CN(C)c1ccc(CNCC2CCCC(O)C2)cc1. The minimum Gasteiger partial charge on any atom is -0.393 e. The molecule has 2 unspecified atom stereocenters. The Kier molecular flexibility index (Phi) is 5.23. The maximum Gasteiger partial charge on any atom is 0.0543 e. The van der Waals surface area contributed by atoms with Crippen LogP contribution in [-0.4, -0.2) is 31.9 Å². The third-order valence-electron chi connectivity index (χ3n) is 3.97. The van der Waals surface area contributed by atoms with E-state index in [0.29, 0.717) is 5.92 Å². The van der Waals surface area contributed by atoms with Crippen molar-refractivity contribution in [1.29, 1.82) is 0 Å². The van der Waals surface area contributed by atoms with Gasteiger partial charge < -0.3 is 15.3 Å². The highest BCUT2D eigenvalue weighted by Gasteiger charge is 2.19. The molecule has 1 aromatic carbocycles. The van der Waals surface area contributed by atoms with E-state index in [4.69, 9.17) is 0 Å². The molecular weight excluding hydrogens is 236 g/mol. The lowest BCUT2D eigenvalue weighted by Gasteiger charge is -2.26. The van der Waals surface area contributed by atoms with Crippen molar-refractivity contribution in [1.82, 2.24) is 5.32 Å². The minimum atomic E-state index is -0.0695. The number of rotatable bonds is 5. The quantitative estimate of drug-likeness (QED) is 0.855. The molecule has 1 aromatic rings. The predicted molar refractivity (Wildman–Crippen MR) is 80.4 cm³/mol. The summed E-state index contributed by atoms with van der Waals surface area (Å²) >= 11 is 0. The molecule has 0 aromatic heterocycles. The number of anilines is 1. The average Bonchev–Trinajstić information content (AvgIpc) is 2.39. The van der Waals surface area contributed by atoms with E-state index >= 15 is 0 Å². The van der Waals surface area contributed by atoms with E-state index in [9.17, 15) is 5.11 Å². The molecule has 1 fully saturated rings. The number of hydrogen-bond donors (Lipinski definition) is 2. The maximum absolute atomic E-state index is 9.65. The number of hydrogen-bond acceptors (Lipinski definition) is 3. The third kappa shape index (κ3) is 4.51. The molecular formula is C16H26N2O. The van der Waals surface area contributed by atoms with Gasteiger partial charge in [-0.1, -0.05) is 18.6 Å². The second kappa shape index (κ2) is 6.92. The first-order valence-corrected chi connectivity index (χ1v) is 7.30. The first-order valence-electron chi connectivity index (χ1n) is 7.30. The minimum absolute atomic E-state index is 0.0695. The van der Waals surface area contributed by atoms with Gasteiger partial charge in [-0.3, -0.25) is 0 Å². The van der Waals surface area contributed by atoms with Crippen LogP contribution in [0.2, 0.25) is 0 Å². The maximum atomic E-state index is 9.65. The Morgan fingerprint density at radius 3 is 2.58 bits per heavy atom. The standard InChI is InChI=1S/C16H26N2O/c1-18(2)15-8-6-13(7-9-15)11-17-12-14-4-3-5-16(19)10-14/h6-9,14,16-17,19H,3-5,10-12H2,1-2H3. The summed E-state index contributed by atoms with van der Waals surface area (Å²) in [5, 5.41) is 13.2. The zero-order chi connectivity index (χ0) is 13.7. The van der Waals surface area contributed by atoms with E-state index < -0.39 is 0 Å². The van der Waals surface area contributed by atoms with Gasteiger partial charge in [-0.05, 0) is 49.4 Å². The van der Waals surface area contributed by atoms with Gasteiger partial charge in [-0.25, -0.2) is 0 Å². The molecule has 19 heavy (non-hydrogen) atoms. The molecule has 0 heterocycles. The fourth-order valence-electron chi connectivity index (χ4n) is 2.78. The Balaban J connectivity index is 1.73. The second-order valence-corrected chi connectivity index (χ2v) is 5.88. The predicted octanol–water partition coefficient (Wildman–Crippen LogP) is 2.39. The van der Waals surface area contributed by atoms with Gasteiger partial charge in [0.05, 0.1) is 6.10 Å². The second-order valence-electron chi connectivity index (χ2n) is 5.88. The highest BCUT2D eigenvalue weighted by atomic mass is 16.3. The highest BCUT2D eigenvalue weighted by Crippen LogP contribution is 2.23. The van der Waals surface area contributed by atoms with Crippen LogP contribution < -0.4 is 10.2 Å². The molecule has 2 atom stereocenters. The zero-order valence-electron chi connectivity index (χ0n) is 12.1. The number of nitrogens with zero attached hydrogens (tertiary/aromatic N) is 1. The van der Waals surface area contributed by atoms with Crippen molar-refractivity contribution in [3.63, 3.8) is 0 Å². The van der Waals surface area contributed by atoms with Crippen molar-refractivity contribution in [2.75, 3.05) is 25.5 Å². The van der Waals surface area contributed by atoms with Gasteiger partial charge in [0.2, 0.25) is 0 Å². The lowest BCUT2D eigenvalue weighted by atomic mass is 9.87. The molecule has 1 aliphatic rings. The molecule has 2 N–H and O–H groups in total. The Morgan fingerprint density at radius 1 is 1.21 bits per heavy atom. The van der Waals surface area contributed by atoms with Gasteiger partial charge in [-0.15, -0.1) is 0 Å². The average molecular weight is 262 g/mol. The van der Waals surface area contributed by atoms with Crippen LogP contribution in [0.25, 0.3) is 0 Å². The first-order chi connectivity index (χ1) is 9.15. The van der Waals surface area contributed by atoms with Crippen molar-refractivity contribution in [2.24, 2.45) is 5.92 Å². The molecule has 106 valence electrons. The number of aliphatic hydroxyl groups is 1. The normalized spacial score (nSPS) is 23.3. The molecule has 0 amide bonds. The monoisotopic (exact) mass is 262 g/mol. The van der Waals surface area contributed by atoms with E-state index in [0.717, 1.165) is 25.9 Å². The smallest absolute Gasteiger partial charge is 0.0543 e. The van der Waals surface area contributed by atoms with Gasteiger partial charge in [0, 0.05) is 26.3 Å². The van der Waals surface area contributed by atoms with Crippen LogP contribution in [0, 0.1) is 5.92 Å². The molecule has 0 spiro atoms. The van der Waals surface area contributed by atoms with Crippen molar-refractivity contribution in [3.05, 3.63) is 29.8 Å². The third-order valence-corrected chi connectivity index (χ3v) is 3.97. The summed E-state index contributed by atoms with van der Waals surface area (Å²) in [7, 11) is 4.11. The summed E-state index contributed by atoms with van der Waals surface area (Å²) in [6.07, 6.45) is 4.31. The summed E-state index contributed by atoms with van der Waals surface area (Å²) < 4.78 is 0. The summed E-state index contributed by atoms with van der Waals surface area (Å²) in [6, 6.07) is 8.67. The molecule has 3 nitrogen and oxygen atoms in total. The van der Waals surface area contributed by atoms with E-state index in [1.54, 1.807) is 0 Å². The molecule has 0 bridgehead atoms. The highest BCUT2D eigenvalue weighted by molar-refractivity contribution is 5.45. The largest absolute Gasteiger partial charge is 0.393 e. The summed E-state index contributed by atoms with van der Waals surface area (Å²) in [4.78, 5) is 2.11. The lowest BCUT2D eigenvalue weighted by Crippen LogP contribution is -2.28. The first kappa shape index (κ1) is 14.4. The van der Waals surface area contributed by atoms with Crippen molar-refractivity contribution in [3.8, 4) is 0 Å². The molecule has 0 saturated heterocycles. The van der Waals surface area contributed by atoms with Crippen molar-refractivity contribution < 1.29 is 5.11 Å². The van der Waals surface area contributed by atoms with Gasteiger partial charge in [0.25, 0.3) is 0 Å². The van der Waals surface area contributed by atoms with Gasteiger partial charge in [0.15, 0.2) is 0 Å². The molecule has 2 rings (SSSR count). The van der Waals surface area contributed by atoms with Crippen LogP contribution in [0.5, 0.6) is 0 Å². The van der Waals surface area contributed by atoms with E-state index in [2.05, 4.69) is 48.6 Å². The van der Waals surface area contributed by atoms with Gasteiger partial charge in [0.1, 0.15) is 0 Å². The number of nitrogens with one attached hydrogen (secondary N) is 1. The van der Waals surface area contributed by atoms with Crippen LogP contribution in [0.4, 0.5) is 5.69 Å². The zero-order valence-corrected chi connectivity index (χ0v) is 12.1. The Morgan fingerprint density at radius 2 is 1.95 bits per heavy atom. The Hall–Kier alpha value is -1.06. The summed E-state index contributed by atoms with van der Waals surface area (Å²) in [6.45, 7) is 1.94. The number of aliphatic hydroxyl groups excluding tert-OH is 1. The van der Waals surface area contributed by atoms with Gasteiger partial charge >= 0.3 is 0 Å². The summed E-state index contributed by atoms with van der Waals surface area (Å²) in [5.74, 6) is 0.643. The van der Waals surface area contributed by atoms with E-state index in [1.165, 1.54) is 24.1 Å². The topological polar surface area (TPSA) is 35.5 Å². The van der Waals surface area contributed by atoms with Crippen molar-refractivity contribution in [2.45, 2.75) is 38.3 Å². The molecule has 3 heteroatoms. The number of benzene rings is 1. The molecule has 1 saturated carbocycles. The summed E-state index contributed by atoms with van der Waals surface area (Å²) in [5.41, 5.74) is 2.56. The lowest BCUT2D eigenvalue weighted by molar-refractivity contribution is 0.101. The fraction of sp³-hybridized carbons (Fsp3) is 0.625. The van der Waals surface area contributed by atoms with Crippen LogP contribution in [0.15, 0.2) is 24.3 Å². The molecule has 0 radical (unpaired) electrons. The van der Waals surface area contributed by atoms with Crippen LogP contribution in [-0.2, 0) is 6.54 Å². The molecule has 1 aliphatic carbocycles.